The van der Waals surface area contributed by atoms with Gasteiger partial charge in [-0.2, -0.15) is 0 Å². The van der Waals surface area contributed by atoms with Gasteiger partial charge in [0.25, 0.3) is 0 Å². The van der Waals surface area contributed by atoms with Crippen LogP contribution in [0.15, 0.2) is 24.3 Å². The molecule has 1 rings (SSSR count). The van der Waals surface area contributed by atoms with Crippen LogP contribution < -0.4 is 0 Å². The smallest absolute Gasteiger partial charge is 0.0719 e. The van der Waals surface area contributed by atoms with Gasteiger partial charge in [0.15, 0.2) is 0 Å². The van der Waals surface area contributed by atoms with Crippen LogP contribution in [0.1, 0.15) is 45.7 Å². The molecule has 0 unspecified atom stereocenters. The molecule has 0 aliphatic carbocycles. The Morgan fingerprint density at radius 3 is 2.00 bits per heavy atom. The minimum atomic E-state index is 0.739. The van der Waals surface area contributed by atoms with E-state index >= 15 is 0 Å². The van der Waals surface area contributed by atoms with E-state index in [1.807, 2.05) is 46.8 Å². The molecule has 1 aromatic carbocycles. The monoisotopic (exact) mass is 210 g/mol. The molecule has 0 aliphatic rings. The second kappa shape index (κ2) is 13.2. The molecule has 0 saturated heterocycles. The number of hydrogen-bond acceptors (Lipinski definition) is 1. The topological polar surface area (TPSA) is 9.23 Å². The van der Waals surface area contributed by atoms with Gasteiger partial charge in [-0.05, 0) is 25.0 Å². The van der Waals surface area contributed by atoms with E-state index in [2.05, 4.69) is 19.1 Å². The maximum atomic E-state index is 5.30. The maximum Gasteiger partial charge on any atom is 0.0719 e. The Bertz CT molecular complexity index is 218. The first-order valence-electron chi connectivity index (χ1n) is 5.97. The first-order valence-corrected chi connectivity index (χ1v) is 5.97. The number of benzene rings is 1. The van der Waals surface area contributed by atoms with Crippen molar-refractivity contribution < 1.29 is 4.74 Å². The summed E-state index contributed by atoms with van der Waals surface area (Å²) in [5.41, 5.74) is 2.59. The average Bonchev–Trinajstić information content (AvgIpc) is 2.33. The summed E-state index contributed by atoms with van der Waals surface area (Å²) in [6.07, 6.45) is 0. The van der Waals surface area contributed by atoms with E-state index < -0.39 is 0 Å². The summed E-state index contributed by atoms with van der Waals surface area (Å²) in [6.45, 7) is 13.6. The van der Waals surface area contributed by atoms with Gasteiger partial charge in [0.05, 0.1) is 6.61 Å². The third kappa shape index (κ3) is 8.19. The molecule has 0 atom stereocenters. The van der Waals surface area contributed by atoms with Gasteiger partial charge in [0.1, 0.15) is 0 Å². The van der Waals surface area contributed by atoms with E-state index in [-0.39, 0.29) is 0 Å². The zero-order chi connectivity index (χ0) is 12.1. The van der Waals surface area contributed by atoms with Crippen LogP contribution in [0, 0.1) is 6.92 Å². The van der Waals surface area contributed by atoms with Crippen LogP contribution in [0.5, 0.6) is 0 Å². The van der Waals surface area contributed by atoms with Gasteiger partial charge in [-0.1, -0.05) is 52.0 Å². The molecule has 0 saturated carbocycles. The molecule has 0 radical (unpaired) electrons. The van der Waals surface area contributed by atoms with Gasteiger partial charge in [-0.25, -0.2) is 0 Å². The molecular formula is C14H26O. The molecule has 0 bridgehead atoms. The van der Waals surface area contributed by atoms with E-state index in [9.17, 15) is 0 Å². The van der Waals surface area contributed by atoms with Crippen molar-refractivity contribution in [2.45, 2.75) is 48.1 Å². The van der Waals surface area contributed by atoms with Gasteiger partial charge < -0.3 is 4.74 Å². The maximum absolute atomic E-state index is 5.30. The van der Waals surface area contributed by atoms with Crippen LogP contribution in [0.3, 0.4) is 0 Å². The van der Waals surface area contributed by atoms with Crippen LogP contribution in [0.25, 0.3) is 0 Å². The summed E-state index contributed by atoms with van der Waals surface area (Å²) < 4.78 is 5.30. The molecule has 1 aromatic rings. The van der Waals surface area contributed by atoms with Crippen molar-refractivity contribution in [2.75, 3.05) is 6.61 Å². The lowest BCUT2D eigenvalue weighted by molar-refractivity contribution is 0.133. The third-order valence-corrected chi connectivity index (χ3v) is 1.72. The van der Waals surface area contributed by atoms with Crippen LogP contribution >= 0.6 is 0 Å². The third-order valence-electron chi connectivity index (χ3n) is 1.72. The molecule has 1 heteroatoms. The Labute approximate surface area is 95.5 Å². The quantitative estimate of drug-likeness (QED) is 0.709. The van der Waals surface area contributed by atoms with Gasteiger partial charge >= 0.3 is 0 Å². The Morgan fingerprint density at radius 1 is 1.00 bits per heavy atom. The first kappa shape index (κ1) is 16.6. The number of ether oxygens (including phenoxy) is 1. The van der Waals surface area contributed by atoms with Crippen molar-refractivity contribution in [3.8, 4) is 0 Å². The molecule has 0 aliphatic heterocycles. The predicted octanol–water partition coefficient (Wildman–Crippen LogP) is 4.58. The molecule has 88 valence electrons. The van der Waals surface area contributed by atoms with Crippen LogP contribution in [-0.4, -0.2) is 6.61 Å². The lowest BCUT2D eigenvalue weighted by Crippen LogP contribution is -1.93. The van der Waals surface area contributed by atoms with Crippen molar-refractivity contribution in [1.82, 2.24) is 0 Å². The van der Waals surface area contributed by atoms with Crippen molar-refractivity contribution >= 4 is 0 Å². The molecule has 0 aromatic heterocycles. The summed E-state index contributed by atoms with van der Waals surface area (Å²) in [6, 6.07) is 8.30. The fourth-order valence-corrected chi connectivity index (χ4v) is 0.984. The van der Waals surface area contributed by atoms with E-state index in [1.165, 1.54) is 11.1 Å². The van der Waals surface area contributed by atoms with Crippen molar-refractivity contribution in [1.29, 1.82) is 0 Å². The highest BCUT2D eigenvalue weighted by Crippen LogP contribution is 2.07. The summed E-state index contributed by atoms with van der Waals surface area (Å²) in [7, 11) is 0. The summed E-state index contributed by atoms with van der Waals surface area (Å²) in [4.78, 5) is 0. The van der Waals surface area contributed by atoms with Crippen LogP contribution in [0.2, 0.25) is 0 Å². The molecule has 0 spiro atoms. The zero-order valence-electron chi connectivity index (χ0n) is 11.1. The van der Waals surface area contributed by atoms with Crippen molar-refractivity contribution in [2.24, 2.45) is 0 Å². The highest BCUT2D eigenvalue weighted by atomic mass is 16.5. The highest BCUT2D eigenvalue weighted by molar-refractivity contribution is 5.24. The fourth-order valence-electron chi connectivity index (χ4n) is 0.984. The standard InChI is InChI=1S/C10H14O.2C2H6/c1-3-11-8-10-7-5-4-6-9(10)2;2*1-2/h4-7H,3,8H2,1-2H3;2*1-2H3. The summed E-state index contributed by atoms with van der Waals surface area (Å²) >= 11 is 0. The SMILES string of the molecule is CC.CC.CCOCc1ccccc1C. The Hall–Kier alpha value is -0.820. The Balaban J connectivity index is 0. The number of hydrogen-bond donors (Lipinski definition) is 0. The van der Waals surface area contributed by atoms with Crippen molar-refractivity contribution in [3.05, 3.63) is 35.4 Å². The number of aryl methyl sites for hydroxylation is 1. The second-order valence-electron chi connectivity index (χ2n) is 2.56. The predicted molar refractivity (Wildman–Crippen MR) is 69.2 cm³/mol. The normalized spacial score (nSPS) is 8.13. The molecule has 0 fully saturated rings. The van der Waals surface area contributed by atoms with E-state index in [1.54, 1.807) is 0 Å². The first-order chi connectivity index (χ1) is 7.34. The van der Waals surface area contributed by atoms with Gasteiger partial charge in [0.2, 0.25) is 0 Å². The second-order valence-corrected chi connectivity index (χ2v) is 2.56. The highest BCUT2D eigenvalue weighted by Gasteiger charge is 1.94. The van der Waals surface area contributed by atoms with Crippen LogP contribution in [-0.2, 0) is 11.3 Å². The lowest BCUT2D eigenvalue weighted by Gasteiger charge is -2.03. The molecule has 0 N–H and O–H groups in total. The minimum Gasteiger partial charge on any atom is -0.377 e. The molecule has 0 heterocycles. The molecule has 15 heavy (non-hydrogen) atoms. The minimum absolute atomic E-state index is 0.739. The Kier molecular flexibility index (Phi) is 14.6. The fraction of sp³-hybridized carbons (Fsp3) is 0.571. The Morgan fingerprint density at radius 2 is 1.53 bits per heavy atom. The summed E-state index contributed by atoms with van der Waals surface area (Å²) in [5.74, 6) is 0. The van der Waals surface area contributed by atoms with Gasteiger partial charge in [-0.3, -0.25) is 0 Å². The van der Waals surface area contributed by atoms with E-state index in [0.717, 1.165) is 13.2 Å². The molecule has 1 nitrogen and oxygen atoms in total. The van der Waals surface area contributed by atoms with E-state index in [0.29, 0.717) is 0 Å². The molecular weight excluding hydrogens is 184 g/mol. The van der Waals surface area contributed by atoms with Gasteiger partial charge in [-0.15, -0.1) is 0 Å². The number of rotatable bonds is 3. The van der Waals surface area contributed by atoms with Crippen molar-refractivity contribution in [3.63, 3.8) is 0 Å². The van der Waals surface area contributed by atoms with Gasteiger partial charge in [0, 0.05) is 6.61 Å². The van der Waals surface area contributed by atoms with E-state index in [4.69, 9.17) is 4.74 Å². The zero-order valence-corrected chi connectivity index (χ0v) is 11.1. The average molecular weight is 210 g/mol. The summed E-state index contributed by atoms with van der Waals surface area (Å²) in [5, 5.41) is 0. The largest absolute Gasteiger partial charge is 0.377 e. The van der Waals surface area contributed by atoms with Crippen LogP contribution in [0.4, 0.5) is 0 Å². The molecule has 0 amide bonds. The lowest BCUT2D eigenvalue weighted by atomic mass is 10.1.